The van der Waals surface area contributed by atoms with Gasteiger partial charge in [0.25, 0.3) is 0 Å². The van der Waals surface area contributed by atoms with Gasteiger partial charge in [0.15, 0.2) is 0 Å². The molecule has 4 atom stereocenters. The van der Waals surface area contributed by atoms with Gasteiger partial charge in [-0.15, -0.1) is 0 Å². The lowest BCUT2D eigenvalue weighted by Gasteiger charge is -2.32. The Balaban J connectivity index is 1.36. The second-order valence-corrected chi connectivity index (χ2v) is 7.14. The number of rotatable bonds is 2. The summed E-state index contributed by atoms with van der Waals surface area (Å²) in [5, 5.41) is 11.8. The Labute approximate surface area is 119 Å². The maximum absolute atomic E-state index is 12.7. The summed E-state index contributed by atoms with van der Waals surface area (Å²) < 4.78 is 0. The molecule has 4 fully saturated rings. The van der Waals surface area contributed by atoms with Gasteiger partial charge < -0.3 is 15.8 Å². The van der Waals surface area contributed by atoms with Crippen LogP contribution < -0.4 is 5.73 Å². The Hall–Kier alpha value is -1.26. The van der Waals surface area contributed by atoms with Crippen LogP contribution in [0.5, 0.6) is 0 Å². The molecule has 5 nitrogen and oxygen atoms in total. The average molecular weight is 277 g/mol. The van der Waals surface area contributed by atoms with Gasteiger partial charge in [-0.2, -0.15) is 0 Å². The van der Waals surface area contributed by atoms with Crippen molar-refractivity contribution in [2.45, 2.75) is 32.1 Å². The van der Waals surface area contributed by atoms with E-state index in [0.29, 0.717) is 17.7 Å². The first-order valence-electron chi connectivity index (χ1n) is 7.97. The number of hydrogen-bond acceptors (Lipinski definition) is 3. The predicted octanol–water partition coefficient (Wildman–Crippen LogP) is 1.26. The molecule has 0 spiro atoms. The SMILES string of the molecule is NC(=NO)C1CCN(C(=O)C2C3C4CCC(C4)C23)CC1. The minimum absolute atomic E-state index is 0.138. The highest BCUT2D eigenvalue weighted by atomic mass is 16.4. The molecule has 4 rings (SSSR count). The molecular weight excluding hydrogens is 254 g/mol. The van der Waals surface area contributed by atoms with Crippen LogP contribution in [0.25, 0.3) is 0 Å². The molecule has 20 heavy (non-hydrogen) atoms. The van der Waals surface area contributed by atoms with Crippen molar-refractivity contribution in [3.05, 3.63) is 0 Å². The summed E-state index contributed by atoms with van der Waals surface area (Å²) in [6.07, 6.45) is 5.78. The van der Waals surface area contributed by atoms with Crippen LogP contribution in [0.4, 0.5) is 0 Å². The van der Waals surface area contributed by atoms with Crippen molar-refractivity contribution in [3.8, 4) is 0 Å². The second kappa shape index (κ2) is 4.37. The molecule has 1 aliphatic heterocycles. The van der Waals surface area contributed by atoms with E-state index in [1.807, 2.05) is 4.90 Å². The number of oxime groups is 1. The van der Waals surface area contributed by atoms with E-state index < -0.39 is 0 Å². The van der Waals surface area contributed by atoms with E-state index >= 15 is 0 Å². The van der Waals surface area contributed by atoms with Crippen LogP contribution in [0.1, 0.15) is 32.1 Å². The van der Waals surface area contributed by atoms with Crippen molar-refractivity contribution in [2.75, 3.05) is 13.1 Å². The average Bonchev–Trinajstić information content (AvgIpc) is 2.93. The highest BCUT2D eigenvalue weighted by molar-refractivity contribution is 5.84. The monoisotopic (exact) mass is 277 g/mol. The van der Waals surface area contributed by atoms with Crippen molar-refractivity contribution in [2.24, 2.45) is 46.4 Å². The zero-order chi connectivity index (χ0) is 13.9. The molecule has 1 amide bonds. The molecule has 0 aromatic carbocycles. The molecule has 0 radical (unpaired) electrons. The molecule has 1 saturated heterocycles. The minimum Gasteiger partial charge on any atom is -0.409 e. The third-order valence-corrected chi connectivity index (χ3v) is 6.36. The van der Waals surface area contributed by atoms with E-state index in [9.17, 15) is 4.79 Å². The maximum Gasteiger partial charge on any atom is 0.226 e. The lowest BCUT2D eigenvalue weighted by molar-refractivity contribution is -0.134. The summed E-state index contributed by atoms with van der Waals surface area (Å²) in [6, 6.07) is 0. The van der Waals surface area contributed by atoms with E-state index in [1.165, 1.54) is 19.3 Å². The number of piperidine rings is 1. The van der Waals surface area contributed by atoms with E-state index in [4.69, 9.17) is 10.9 Å². The van der Waals surface area contributed by atoms with Crippen LogP contribution in [0.2, 0.25) is 0 Å². The fraction of sp³-hybridized carbons (Fsp3) is 0.867. The van der Waals surface area contributed by atoms with Crippen molar-refractivity contribution in [1.82, 2.24) is 4.90 Å². The van der Waals surface area contributed by atoms with Crippen LogP contribution in [-0.2, 0) is 4.79 Å². The number of hydrogen-bond donors (Lipinski definition) is 2. The molecule has 1 heterocycles. The van der Waals surface area contributed by atoms with Gasteiger partial charge >= 0.3 is 0 Å². The summed E-state index contributed by atoms with van der Waals surface area (Å²) in [5.41, 5.74) is 5.66. The number of carbonyl (C=O) groups excluding carboxylic acids is 1. The molecule has 0 aromatic heterocycles. The highest BCUT2D eigenvalue weighted by Gasteiger charge is 2.67. The number of amidine groups is 1. The predicted molar refractivity (Wildman–Crippen MR) is 74.0 cm³/mol. The first kappa shape index (κ1) is 12.5. The first-order chi connectivity index (χ1) is 9.70. The van der Waals surface area contributed by atoms with Gasteiger partial charge in [0, 0.05) is 24.9 Å². The number of fused-ring (bicyclic) bond motifs is 5. The minimum atomic E-state index is 0.138. The molecule has 4 aliphatic rings. The van der Waals surface area contributed by atoms with Crippen molar-refractivity contribution < 1.29 is 10.0 Å². The fourth-order valence-corrected chi connectivity index (χ4v) is 5.34. The summed E-state index contributed by atoms with van der Waals surface area (Å²) >= 11 is 0. The maximum atomic E-state index is 12.7. The van der Waals surface area contributed by atoms with Crippen LogP contribution in [0, 0.1) is 35.5 Å². The van der Waals surface area contributed by atoms with Crippen molar-refractivity contribution in [3.63, 3.8) is 0 Å². The Kier molecular flexibility index (Phi) is 2.72. The van der Waals surface area contributed by atoms with E-state index in [-0.39, 0.29) is 5.92 Å². The second-order valence-electron chi connectivity index (χ2n) is 7.14. The van der Waals surface area contributed by atoms with Crippen LogP contribution in [0.3, 0.4) is 0 Å². The number of nitrogens with zero attached hydrogens (tertiary/aromatic N) is 2. The zero-order valence-electron chi connectivity index (χ0n) is 11.7. The zero-order valence-corrected chi connectivity index (χ0v) is 11.7. The number of carbonyl (C=O) groups is 1. The summed E-state index contributed by atoms with van der Waals surface area (Å²) in [5.74, 6) is 4.36. The van der Waals surface area contributed by atoms with Gasteiger partial charge in [-0.3, -0.25) is 4.79 Å². The van der Waals surface area contributed by atoms with Crippen LogP contribution in [-0.4, -0.2) is 34.9 Å². The van der Waals surface area contributed by atoms with Gasteiger partial charge in [-0.05, 0) is 55.8 Å². The quantitative estimate of drug-likeness (QED) is 0.345. The third-order valence-electron chi connectivity index (χ3n) is 6.36. The van der Waals surface area contributed by atoms with Gasteiger partial charge in [0.1, 0.15) is 5.84 Å². The number of nitrogens with two attached hydrogens (primary N) is 1. The summed E-state index contributed by atoms with van der Waals surface area (Å²) in [7, 11) is 0. The Morgan fingerprint density at radius 3 is 2.25 bits per heavy atom. The number of amides is 1. The lowest BCUT2D eigenvalue weighted by atomic mass is 9.94. The van der Waals surface area contributed by atoms with Gasteiger partial charge in [-0.25, -0.2) is 0 Å². The molecule has 0 aromatic rings. The molecule has 2 bridgehead atoms. The molecule has 110 valence electrons. The molecule has 3 saturated carbocycles. The topological polar surface area (TPSA) is 78.9 Å². The van der Waals surface area contributed by atoms with Gasteiger partial charge in [-0.1, -0.05) is 5.16 Å². The fourth-order valence-electron chi connectivity index (χ4n) is 5.34. The first-order valence-corrected chi connectivity index (χ1v) is 7.97. The van der Waals surface area contributed by atoms with E-state index in [2.05, 4.69) is 5.16 Å². The number of likely N-dealkylation sites (tertiary alicyclic amines) is 1. The van der Waals surface area contributed by atoms with Gasteiger partial charge in [0.05, 0.1) is 0 Å². The standard InChI is InChI=1S/C15H23N3O2/c16-14(17-20)8-3-5-18(6-4-8)15(19)13-11-9-1-2-10(7-9)12(11)13/h8-13,20H,1-7H2,(H2,16,17). The van der Waals surface area contributed by atoms with Crippen LogP contribution >= 0.6 is 0 Å². The van der Waals surface area contributed by atoms with Gasteiger partial charge in [0.2, 0.25) is 5.91 Å². The smallest absolute Gasteiger partial charge is 0.226 e. The van der Waals surface area contributed by atoms with Crippen molar-refractivity contribution >= 4 is 11.7 Å². The largest absolute Gasteiger partial charge is 0.409 e. The van der Waals surface area contributed by atoms with E-state index in [0.717, 1.165) is 49.6 Å². The lowest BCUT2D eigenvalue weighted by Crippen LogP contribution is -2.43. The van der Waals surface area contributed by atoms with E-state index in [1.54, 1.807) is 0 Å². The molecule has 5 heteroatoms. The Morgan fingerprint density at radius 1 is 1.10 bits per heavy atom. The molecule has 4 unspecified atom stereocenters. The Bertz CT molecular complexity index is 440. The third kappa shape index (κ3) is 1.68. The summed E-state index contributed by atoms with van der Waals surface area (Å²) in [6.45, 7) is 1.54. The van der Waals surface area contributed by atoms with Crippen LogP contribution in [0.15, 0.2) is 5.16 Å². The normalized spacial score (nSPS) is 43.7. The highest BCUT2D eigenvalue weighted by Crippen LogP contribution is 2.69. The molecule has 3 aliphatic carbocycles. The molecule has 3 N–H and O–H groups in total. The van der Waals surface area contributed by atoms with Crippen molar-refractivity contribution in [1.29, 1.82) is 0 Å². The Morgan fingerprint density at radius 2 is 1.70 bits per heavy atom. The summed E-state index contributed by atoms with van der Waals surface area (Å²) in [4.78, 5) is 14.7. The molecular formula is C15H23N3O2.